The van der Waals surface area contributed by atoms with Crippen LogP contribution in [0.2, 0.25) is 10.0 Å². The minimum atomic E-state index is -1.18. The Hall–Kier alpha value is -3.79. The Morgan fingerprint density at radius 1 is 0.769 bits per heavy atom. The van der Waals surface area contributed by atoms with Gasteiger partial charge in [0.05, 0.1) is 14.2 Å². The van der Waals surface area contributed by atoms with Crippen molar-refractivity contribution in [3.63, 3.8) is 0 Å². The molecule has 0 saturated heterocycles. The van der Waals surface area contributed by atoms with Crippen LogP contribution in [0.15, 0.2) is 48.5 Å². The van der Waals surface area contributed by atoms with E-state index in [1.54, 1.807) is 20.1 Å². The van der Waals surface area contributed by atoms with Crippen molar-refractivity contribution in [3.8, 4) is 11.8 Å². The van der Waals surface area contributed by atoms with Crippen LogP contribution in [0, 0.1) is 13.8 Å². The maximum atomic E-state index is 10.9. The molecule has 0 bridgehead atoms. The van der Waals surface area contributed by atoms with Crippen LogP contribution in [0.5, 0.6) is 11.8 Å². The quantitative estimate of drug-likeness (QED) is 0.291. The Morgan fingerprint density at radius 3 is 1.67 bits per heavy atom. The number of nitrogens with zero attached hydrogens (tertiary/aromatic N) is 4. The van der Waals surface area contributed by atoms with Gasteiger partial charge in [-0.1, -0.05) is 59.6 Å². The summed E-state index contributed by atoms with van der Waals surface area (Å²) in [5, 5.41) is 19.4. The van der Waals surface area contributed by atoms with Gasteiger partial charge in [0.1, 0.15) is 6.61 Å². The van der Waals surface area contributed by atoms with Gasteiger partial charge in [0.2, 0.25) is 17.6 Å². The second-order valence-corrected chi connectivity index (χ2v) is 9.15. The first-order chi connectivity index (χ1) is 18.7. The lowest BCUT2D eigenvalue weighted by molar-refractivity contribution is 0.0682. The number of carboxylic acids is 1. The number of methoxy groups -OCH3 is 2. The van der Waals surface area contributed by atoms with E-state index >= 15 is 0 Å². The van der Waals surface area contributed by atoms with E-state index in [2.05, 4.69) is 19.9 Å². The molecule has 4 aromatic rings. The molecule has 2 heterocycles. The van der Waals surface area contributed by atoms with E-state index in [-0.39, 0.29) is 18.3 Å². The maximum absolute atomic E-state index is 10.9. The van der Waals surface area contributed by atoms with E-state index in [1.807, 2.05) is 49.4 Å². The first-order valence-corrected chi connectivity index (χ1v) is 12.6. The van der Waals surface area contributed by atoms with E-state index in [0.29, 0.717) is 40.3 Å². The average molecular weight is 571 g/mol. The summed E-state index contributed by atoms with van der Waals surface area (Å²) >= 11 is 12.3. The van der Waals surface area contributed by atoms with Crippen molar-refractivity contribution in [1.29, 1.82) is 0 Å². The van der Waals surface area contributed by atoms with Crippen LogP contribution < -0.4 is 9.47 Å². The number of hydrogen-bond donors (Lipinski definition) is 2. The van der Waals surface area contributed by atoms with Crippen LogP contribution >= 0.6 is 23.2 Å². The molecule has 2 aromatic heterocycles. The zero-order chi connectivity index (χ0) is 28.5. The third-order valence-electron chi connectivity index (χ3n) is 5.77. The largest absolute Gasteiger partial charge is 0.481 e. The lowest BCUT2D eigenvalue weighted by Crippen LogP contribution is -2.10. The molecule has 39 heavy (non-hydrogen) atoms. The highest BCUT2D eigenvalue weighted by molar-refractivity contribution is 6.31. The van der Waals surface area contributed by atoms with Crippen molar-refractivity contribution in [2.45, 2.75) is 33.3 Å². The number of aliphatic hydroxyl groups is 1. The van der Waals surface area contributed by atoms with Crippen molar-refractivity contribution in [2.24, 2.45) is 0 Å². The van der Waals surface area contributed by atoms with Gasteiger partial charge < -0.3 is 19.7 Å². The number of aliphatic hydroxyl groups excluding tert-OH is 1. The van der Waals surface area contributed by atoms with Crippen LogP contribution in [-0.4, -0.2) is 50.3 Å². The van der Waals surface area contributed by atoms with E-state index in [1.165, 1.54) is 7.11 Å². The summed E-state index contributed by atoms with van der Waals surface area (Å²) in [6.45, 7) is 3.39. The van der Waals surface area contributed by atoms with Gasteiger partial charge in [-0.2, -0.15) is 9.97 Å². The molecule has 0 fully saturated rings. The van der Waals surface area contributed by atoms with Gasteiger partial charge in [-0.3, -0.25) is 0 Å². The molecule has 4 rings (SSSR count). The molecule has 0 atom stereocenters. The van der Waals surface area contributed by atoms with Crippen molar-refractivity contribution >= 4 is 29.2 Å². The van der Waals surface area contributed by atoms with Crippen LogP contribution in [-0.2, 0) is 19.4 Å². The van der Waals surface area contributed by atoms with Crippen LogP contribution in [0.4, 0.5) is 0 Å². The monoisotopic (exact) mass is 570 g/mol. The standard InChI is InChI=1S/C14H13ClN2O3.C14H15ClN2O2/c1-8-10(7-9-5-3-4-6-11(9)15)13(20-2)17-12(16-8)14(18)19;1-9-11(7-10-5-3-4-6-12(10)15)14(19-2)17-13(8-18)16-9/h3-6H,7H2,1-2H3,(H,18,19);3-6,18H,7-8H2,1-2H3. The molecule has 0 spiro atoms. The third-order valence-corrected chi connectivity index (χ3v) is 6.51. The lowest BCUT2D eigenvalue weighted by Gasteiger charge is -2.12. The summed E-state index contributed by atoms with van der Waals surface area (Å²) in [5.74, 6) is -0.360. The first-order valence-electron chi connectivity index (χ1n) is 11.8. The maximum Gasteiger partial charge on any atom is 0.374 e. The van der Waals surface area contributed by atoms with Crippen molar-refractivity contribution in [2.75, 3.05) is 14.2 Å². The third kappa shape index (κ3) is 7.63. The summed E-state index contributed by atoms with van der Waals surface area (Å²) in [5.41, 5.74) is 4.86. The Morgan fingerprint density at radius 2 is 1.23 bits per heavy atom. The Kier molecular flexibility index (Phi) is 10.6. The highest BCUT2D eigenvalue weighted by Gasteiger charge is 2.17. The number of ether oxygens (including phenoxy) is 2. The number of carboxylic acid groups (broad SMARTS) is 1. The molecule has 0 radical (unpaired) electrons. The second-order valence-electron chi connectivity index (χ2n) is 8.33. The minimum Gasteiger partial charge on any atom is -0.481 e. The molecule has 2 N–H and O–H groups in total. The van der Waals surface area contributed by atoms with Gasteiger partial charge in [-0.25, -0.2) is 14.8 Å². The summed E-state index contributed by atoms with van der Waals surface area (Å²) in [6, 6.07) is 15.1. The predicted octanol–water partition coefficient (Wildman–Crippen LogP) is 5.27. The predicted molar refractivity (Wildman–Crippen MR) is 148 cm³/mol. The number of benzene rings is 2. The number of rotatable bonds is 8. The van der Waals surface area contributed by atoms with Gasteiger partial charge >= 0.3 is 5.97 Å². The van der Waals surface area contributed by atoms with Gasteiger partial charge in [-0.05, 0) is 37.1 Å². The fourth-order valence-corrected chi connectivity index (χ4v) is 4.18. The van der Waals surface area contributed by atoms with Gasteiger partial charge in [0, 0.05) is 45.4 Å². The number of aryl methyl sites for hydroxylation is 2. The topological polar surface area (TPSA) is 128 Å². The lowest BCUT2D eigenvalue weighted by atomic mass is 10.0. The SMILES string of the molecule is COc1nc(C(=O)O)nc(C)c1Cc1ccccc1Cl.COc1nc(CO)nc(C)c1Cc1ccccc1Cl. The van der Waals surface area contributed by atoms with E-state index in [9.17, 15) is 4.79 Å². The smallest absolute Gasteiger partial charge is 0.374 e. The van der Waals surface area contributed by atoms with Crippen LogP contribution in [0.25, 0.3) is 0 Å². The normalized spacial score (nSPS) is 10.4. The Bertz CT molecular complexity index is 1470. The number of hydrogen-bond acceptors (Lipinski definition) is 8. The van der Waals surface area contributed by atoms with Crippen molar-refractivity contribution in [1.82, 2.24) is 19.9 Å². The molecule has 0 unspecified atom stereocenters. The molecule has 2 aromatic carbocycles. The summed E-state index contributed by atoms with van der Waals surface area (Å²) in [4.78, 5) is 27.2. The fourth-order valence-electron chi connectivity index (χ4n) is 3.77. The highest BCUT2D eigenvalue weighted by atomic mass is 35.5. The number of aromatic nitrogens is 4. The second kappa shape index (κ2) is 13.8. The van der Waals surface area contributed by atoms with Gasteiger partial charge in [-0.15, -0.1) is 0 Å². The van der Waals surface area contributed by atoms with Crippen molar-refractivity contribution in [3.05, 3.63) is 104 Å². The molecule has 0 saturated carbocycles. The summed E-state index contributed by atoms with van der Waals surface area (Å²) in [6.07, 6.45) is 1.08. The average Bonchev–Trinajstić information content (AvgIpc) is 2.93. The minimum absolute atomic E-state index is 0.205. The molecule has 0 aliphatic rings. The molecule has 9 nitrogen and oxygen atoms in total. The van der Waals surface area contributed by atoms with Crippen LogP contribution in [0.1, 0.15) is 50.1 Å². The van der Waals surface area contributed by atoms with Crippen LogP contribution in [0.3, 0.4) is 0 Å². The highest BCUT2D eigenvalue weighted by Crippen LogP contribution is 2.27. The number of aromatic carboxylic acids is 1. The summed E-state index contributed by atoms with van der Waals surface area (Å²) in [7, 11) is 3.00. The fraction of sp³-hybridized carbons (Fsp3) is 0.250. The zero-order valence-electron chi connectivity index (χ0n) is 21.9. The van der Waals surface area contributed by atoms with E-state index < -0.39 is 5.97 Å². The summed E-state index contributed by atoms with van der Waals surface area (Å²) < 4.78 is 10.4. The zero-order valence-corrected chi connectivity index (χ0v) is 23.4. The molecule has 204 valence electrons. The number of carbonyl (C=O) groups is 1. The molecule has 0 aliphatic carbocycles. The molecular weight excluding hydrogens is 543 g/mol. The van der Waals surface area contributed by atoms with E-state index in [4.69, 9.17) is 42.9 Å². The first kappa shape index (κ1) is 29.8. The van der Waals surface area contributed by atoms with Crippen molar-refractivity contribution < 1.29 is 24.5 Å². The molecule has 0 amide bonds. The van der Waals surface area contributed by atoms with E-state index in [0.717, 1.165) is 27.9 Å². The molecule has 11 heteroatoms. The van der Waals surface area contributed by atoms with Gasteiger partial charge in [0.15, 0.2) is 5.82 Å². The number of halogens is 2. The Labute approximate surface area is 236 Å². The Balaban J connectivity index is 0.000000216. The molecule has 0 aliphatic heterocycles. The molecular formula is C28H28Cl2N4O5. The van der Waals surface area contributed by atoms with Gasteiger partial charge in [0.25, 0.3) is 0 Å².